The molecular weight excluding hydrogens is 140 g/mol. The van der Waals surface area contributed by atoms with Crippen LogP contribution in [0.25, 0.3) is 0 Å². The Hall–Kier alpha value is -1.12. The summed E-state index contributed by atoms with van der Waals surface area (Å²) in [6.45, 7) is 7.19. The molecule has 0 fully saturated rings. The molecule has 0 aliphatic heterocycles. The smallest absolute Gasteiger partial charge is 0.119 e. The van der Waals surface area contributed by atoms with Crippen LogP contribution in [0.5, 0.6) is 0 Å². The molecule has 0 unspecified atom stereocenters. The van der Waals surface area contributed by atoms with Crippen LogP contribution in [0.15, 0.2) is 22.9 Å². The van der Waals surface area contributed by atoms with Gasteiger partial charge in [0.05, 0.1) is 0 Å². The second-order valence-corrected chi connectivity index (χ2v) is 2.58. The highest BCUT2D eigenvalue weighted by atomic mass is 16.5. The second-order valence-electron chi connectivity index (χ2n) is 2.58. The molecule has 0 amide bonds. The highest BCUT2D eigenvalue weighted by molar-refractivity contribution is 5.05. The number of hydrogen-bond donors (Lipinski definition) is 2. The van der Waals surface area contributed by atoms with Gasteiger partial charge in [-0.1, -0.05) is 0 Å². The van der Waals surface area contributed by atoms with Crippen molar-refractivity contribution in [3.8, 4) is 0 Å². The Bertz CT molecular complexity index is 174. The maximum Gasteiger partial charge on any atom is 0.119 e. The van der Waals surface area contributed by atoms with Gasteiger partial charge in [-0.25, -0.2) is 0 Å². The van der Waals surface area contributed by atoms with E-state index in [1.807, 2.05) is 13.8 Å². The van der Waals surface area contributed by atoms with Crippen LogP contribution in [0, 0.1) is 0 Å². The van der Waals surface area contributed by atoms with E-state index < -0.39 is 0 Å². The highest BCUT2D eigenvalue weighted by Gasteiger charge is 1.97. The van der Waals surface area contributed by atoms with Crippen LogP contribution in [-0.4, -0.2) is 0 Å². The van der Waals surface area contributed by atoms with E-state index in [2.05, 4.69) is 0 Å². The van der Waals surface area contributed by atoms with Gasteiger partial charge >= 0.3 is 0 Å². The molecule has 11 heavy (non-hydrogen) atoms. The van der Waals surface area contributed by atoms with Crippen LogP contribution in [0.4, 0.5) is 0 Å². The first-order chi connectivity index (χ1) is 4.95. The molecule has 0 aromatic carbocycles. The van der Waals surface area contributed by atoms with Crippen molar-refractivity contribution in [3.63, 3.8) is 0 Å². The summed E-state index contributed by atoms with van der Waals surface area (Å²) >= 11 is 0. The van der Waals surface area contributed by atoms with Crippen LogP contribution in [-0.2, 0) is 4.74 Å². The van der Waals surface area contributed by atoms with Crippen molar-refractivity contribution in [2.24, 2.45) is 11.5 Å². The molecule has 0 saturated carbocycles. The van der Waals surface area contributed by atoms with Crippen molar-refractivity contribution >= 4 is 0 Å². The van der Waals surface area contributed by atoms with Gasteiger partial charge in [0.2, 0.25) is 0 Å². The molecule has 0 aliphatic rings. The summed E-state index contributed by atoms with van der Waals surface area (Å²) in [4.78, 5) is 0. The zero-order valence-electron chi connectivity index (χ0n) is 7.56. The Balaban J connectivity index is 4.30. The van der Waals surface area contributed by atoms with E-state index in [1.54, 1.807) is 13.8 Å². The summed E-state index contributed by atoms with van der Waals surface area (Å²) in [7, 11) is 0. The summed E-state index contributed by atoms with van der Waals surface area (Å²) in [5, 5.41) is 0. The number of allylic oxidation sites excluding steroid dienone is 4. The number of hydrogen-bond acceptors (Lipinski definition) is 3. The first-order valence-electron chi connectivity index (χ1n) is 3.49. The molecule has 3 nitrogen and oxygen atoms in total. The predicted molar refractivity (Wildman–Crippen MR) is 46.2 cm³/mol. The van der Waals surface area contributed by atoms with Crippen LogP contribution in [0.1, 0.15) is 27.7 Å². The Kier molecular flexibility index (Phi) is 3.51. The third-order valence-electron chi connectivity index (χ3n) is 1.42. The van der Waals surface area contributed by atoms with Gasteiger partial charge in [-0.15, -0.1) is 0 Å². The van der Waals surface area contributed by atoms with E-state index in [1.165, 1.54) is 0 Å². The minimum Gasteiger partial charge on any atom is -0.463 e. The topological polar surface area (TPSA) is 61.3 Å². The minimum atomic E-state index is 0.672. The first kappa shape index (κ1) is 9.88. The zero-order chi connectivity index (χ0) is 9.02. The first-order valence-corrected chi connectivity index (χ1v) is 3.49. The molecule has 0 atom stereocenters. The second kappa shape index (κ2) is 3.91. The van der Waals surface area contributed by atoms with Gasteiger partial charge < -0.3 is 16.2 Å². The third kappa shape index (κ3) is 3.55. The van der Waals surface area contributed by atoms with Crippen molar-refractivity contribution in [2.45, 2.75) is 27.7 Å². The molecule has 0 heterocycles. The maximum absolute atomic E-state index is 5.48. The Morgan fingerprint density at radius 2 is 1.09 bits per heavy atom. The summed E-state index contributed by atoms with van der Waals surface area (Å²) in [6.07, 6.45) is 0. The number of nitrogens with two attached hydrogens (primary N) is 2. The van der Waals surface area contributed by atoms with Gasteiger partial charge in [-0.3, -0.25) is 0 Å². The molecule has 4 N–H and O–H groups in total. The molecule has 0 saturated heterocycles. The van der Waals surface area contributed by atoms with Crippen molar-refractivity contribution < 1.29 is 4.74 Å². The number of ether oxygens (including phenoxy) is 1. The normalized spacial score (nSPS) is 15.3. The van der Waals surface area contributed by atoms with Gasteiger partial charge in [-0.05, 0) is 27.7 Å². The van der Waals surface area contributed by atoms with Crippen LogP contribution >= 0.6 is 0 Å². The predicted octanol–water partition coefficient (Wildman–Crippen LogP) is 1.42. The van der Waals surface area contributed by atoms with E-state index in [4.69, 9.17) is 16.2 Å². The van der Waals surface area contributed by atoms with Gasteiger partial charge in [0.1, 0.15) is 11.5 Å². The summed E-state index contributed by atoms with van der Waals surface area (Å²) < 4.78 is 5.28. The van der Waals surface area contributed by atoms with Crippen molar-refractivity contribution in [2.75, 3.05) is 0 Å². The number of rotatable bonds is 2. The van der Waals surface area contributed by atoms with Crippen LogP contribution in [0.3, 0.4) is 0 Å². The molecule has 0 rings (SSSR count). The Morgan fingerprint density at radius 3 is 1.27 bits per heavy atom. The van der Waals surface area contributed by atoms with Gasteiger partial charge in [-0.2, -0.15) is 0 Å². The quantitative estimate of drug-likeness (QED) is 0.594. The minimum absolute atomic E-state index is 0.672. The van der Waals surface area contributed by atoms with Crippen molar-refractivity contribution in [1.29, 1.82) is 0 Å². The lowest BCUT2D eigenvalue weighted by atomic mass is 10.4. The van der Waals surface area contributed by atoms with Gasteiger partial charge in [0, 0.05) is 11.4 Å². The Morgan fingerprint density at radius 1 is 0.818 bits per heavy atom. The Labute approximate surface area is 67.7 Å². The molecule has 0 aliphatic carbocycles. The highest BCUT2D eigenvalue weighted by Crippen LogP contribution is 2.08. The molecule has 0 aromatic heterocycles. The monoisotopic (exact) mass is 156 g/mol. The van der Waals surface area contributed by atoms with E-state index >= 15 is 0 Å². The molecule has 0 spiro atoms. The average Bonchev–Trinajstić information content (AvgIpc) is 1.87. The third-order valence-corrected chi connectivity index (χ3v) is 1.42. The van der Waals surface area contributed by atoms with Crippen molar-refractivity contribution in [3.05, 3.63) is 22.9 Å². The lowest BCUT2D eigenvalue weighted by molar-refractivity contribution is 0.298. The van der Waals surface area contributed by atoms with E-state index in [-0.39, 0.29) is 0 Å². The fourth-order valence-corrected chi connectivity index (χ4v) is 0.391. The van der Waals surface area contributed by atoms with Gasteiger partial charge in [0.15, 0.2) is 0 Å². The molecular formula is C8H16N2O. The summed E-state index contributed by atoms with van der Waals surface area (Å²) in [5.74, 6) is 1.40. The lowest BCUT2D eigenvalue weighted by Gasteiger charge is -2.08. The fourth-order valence-electron chi connectivity index (χ4n) is 0.391. The maximum atomic E-state index is 5.48. The fraction of sp³-hybridized carbons (Fsp3) is 0.500. The van der Waals surface area contributed by atoms with E-state index in [0.717, 1.165) is 0 Å². The molecule has 64 valence electrons. The standard InChI is InChI=1S/C8H16N2O/c1-5(9)7(3)11-8(4)6(2)10/h9-10H2,1-4H3/b7-5-,8-6-. The van der Waals surface area contributed by atoms with Gasteiger partial charge in [0.25, 0.3) is 0 Å². The summed E-state index contributed by atoms with van der Waals surface area (Å²) in [6, 6.07) is 0. The molecule has 0 bridgehead atoms. The van der Waals surface area contributed by atoms with Crippen LogP contribution < -0.4 is 11.5 Å². The molecule has 3 heteroatoms. The zero-order valence-corrected chi connectivity index (χ0v) is 7.56. The largest absolute Gasteiger partial charge is 0.463 e. The lowest BCUT2D eigenvalue weighted by Crippen LogP contribution is -2.02. The van der Waals surface area contributed by atoms with E-state index in [9.17, 15) is 0 Å². The molecule has 0 radical (unpaired) electrons. The van der Waals surface area contributed by atoms with Crippen LogP contribution in [0.2, 0.25) is 0 Å². The molecule has 0 aromatic rings. The van der Waals surface area contributed by atoms with Crippen molar-refractivity contribution in [1.82, 2.24) is 0 Å². The SMILES string of the molecule is C/C(N)=C(\C)O/C(C)=C(/C)N. The van der Waals surface area contributed by atoms with E-state index in [0.29, 0.717) is 22.9 Å². The average molecular weight is 156 g/mol. The summed E-state index contributed by atoms with van der Waals surface area (Å²) in [5.41, 5.74) is 12.3.